The molecule has 0 unspecified atom stereocenters. The highest BCUT2D eigenvalue weighted by Crippen LogP contribution is 2.26. The van der Waals surface area contributed by atoms with Crippen LogP contribution in [0.1, 0.15) is 43.4 Å². The number of amides is 1. The predicted molar refractivity (Wildman–Crippen MR) is 132 cm³/mol. The van der Waals surface area contributed by atoms with Crippen molar-refractivity contribution in [3.63, 3.8) is 0 Å². The summed E-state index contributed by atoms with van der Waals surface area (Å²) in [5.74, 6) is -0.454. The second-order valence-electron chi connectivity index (χ2n) is 9.06. The number of fused-ring (bicyclic) bond motifs is 1. The van der Waals surface area contributed by atoms with E-state index in [2.05, 4.69) is 6.08 Å². The Hall–Kier alpha value is -2.68. The molecule has 0 aromatic heterocycles. The minimum atomic E-state index is -4.07. The van der Waals surface area contributed by atoms with Crippen molar-refractivity contribution in [3.8, 4) is 5.75 Å². The number of nitrogens with one attached hydrogen (secondary N) is 1. The Bertz CT molecular complexity index is 1280. The monoisotopic (exact) mass is 486 g/mol. The van der Waals surface area contributed by atoms with E-state index in [1.54, 1.807) is 37.5 Å². The maximum Gasteiger partial charge on any atom is 0.262 e. The average molecular weight is 487 g/mol. The van der Waals surface area contributed by atoms with Gasteiger partial charge in [-0.05, 0) is 78.8 Å². The Morgan fingerprint density at radius 2 is 1.71 bits per heavy atom. The molecule has 0 saturated carbocycles. The molecule has 1 atom stereocenters. The number of ether oxygens (including phenoxy) is 1. The molecule has 0 saturated heterocycles. The molecule has 0 heterocycles. The number of nitrogens with zero attached hydrogens (tertiary/aromatic N) is 1. The fourth-order valence-electron chi connectivity index (χ4n) is 4.32. The summed E-state index contributed by atoms with van der Waals surface area (Å²) < 4.78 is 34.8. The Balaban J connectivity index is 1.99. The fourth-order valence-corrected chi connectivity index (χ4v) is 6.06. The maximum absolute atomic E-state index is 13.8. The molecule has 0 fully saturated rings. The van der Waals surface area contributed by atoms with Crippen molar-refractivity contribution < 1.29 is 23.2 Å². The summed E-state index contributed by atoms with van der Waals surface area (Å²) in [4.78, 5) is 12.7. The highest BCUT2D eigenvalue weighted by molar-refractivity contribution is 7.89. The van der Waals surface area contributed by atoms with E-state index in [0.29, 0.717) is 5.75 Å². The van der Waals surface area contributed by atoms with E-state index in [1.165, 1.54) is 0 Å². The molecule has 2 aromatic carbocycles. The molecule has 7 nitrogen and oxygen atoms in total. The maximum atomic E-state index is 13.8. The van der Waals surface area contributed by atoms with Gasteiger partial charge < -0.3 is 4.74 Å². The topological polar surface area (TPSA) is 95.9 Å². The largest absolute Gasteiger partial charge is 0.492 e. The third-order valence-electron chi connectivity index (χ3n) is 6.31. The van der Waals surface area contributed by atoms with Crippen LogP contribution in [0.5, 0.6) is 5.75 Å². The third-order valence-corrected chi connectivity index (χ3v) is 8.19. The van der Waals surface area contributed by atoms with Crippen LogP contribution in [0.2, 0.25) is 0 Å². The van der Waals surface area contributed by atoms with Crippen LogP contribution in [0.3, 0.4) is 0 Å². The van der Waals surface area contributed by atoms with Gasteiger partial charge in [0.2, 0.25) is 10.0 Å². The van der Waals surface area contributed by atoms with Crippen molar-refractivity contribution in [3.05, 3.63) is 57.5 Å². The summed E-state index contributed by atoms with van der Waals surface area (Å²) in [6.45, 7) is 9.37. The van der Waals surface area contributed by atoms with E-state index in [9.17, 15) is 18.4 Å². The Kier molecular flexibility index (Phi) is 8.17. The van der Waals surface area contributed by atoms with Crippen LogP contribution in [-0.2, 0) is 14.8 Å². The molecule has 0 spiro atoms. The van der Waals surface area contributed by atoms with Crippen LogP contribution in [0.4, 0.5) is 0 Å². The van der Waals surface area contributed by atoms with Gasteiger partial charge in [0, 0.05) is 6.54 Å². The van der Waals surface area contributed by atoms with Gasteiger partial charge in [-0.3, -0.25) is 10.0 Å². The summed E-state index contributed by atoms with van der Waals surface area (Å²) in [6.07, 6.45) is 5.88. The number of hydroxylamine groups is 1. The smallest absolute Gasteiger partial charge is 0.262 e. The van der Waals surface area contributed by atoms with Gasteiger partial charge in [-0.25, -0.2) is 13.9 Å². The highest BCUT2D eigenvalue weighted by atomic mass is 32.2. The van der Waals surface area contributed by atoms with E-state index in [0.717, 1.165) is 44.3 Å². The molecule has 2 aromatic rings. The first-order valence-electron chi connectivity index (χ1n) is 11.5. The van der Waals surface area contributed by atoms with Crippen LogP contribution in [0.25, 0.3) is 12.2 Å². The van der Waals surface area contributed by atoms with Crippen LogP contribution < -0.4 is 20.7 Å². The van der Waals surface area contributed by atoms with Gasteiger partial charge in [-0.2, -0.15) is 4.31 Å². The lowest BCUT2D eigenvalue weighted by atomic mass is 10.0. The molecule has 0 aliphatic heterocycles. The molecule has 34 heavy (non-hydrogen) atoms. The lowest BCUT2D eigenvalue weighted by molar-refractivity contribution is -0.134. The molecule has 1 aliphatic rings. The van der Waals surface area contributed by atoms with Crippen LogP contribution >= 0.6 is 0 Å². The number of sulfonamides is 1. The minimum Gasteiger partial charge on any atom is -0.492 e. The van der Waals surface area contributed by atoms with Crippen molar-refractivity contribution in [1.82, 2.24) is 9.79 Å². The molecule has 3 rings (SSSR count). The van der Waals surface area contributed by atoms with E-state index >= 15 is 0 Å². The number of benzene rings is 2. The van der Waals surface area contributed by atoms with Gasteiger partial charge in [-0.1, -0.05) is 44.2 Å². The molecule has 0 radical (unpaired) electrons. The molecule has 0 bridgehead atoms. The van der Waals surface area contributed by atoms with Crippen LogP contribution in [-0.4, -0.2) is 43.0 Å². The standard InChI is InChI=1S/C26H34N2O5S/c1-17(2)24(26(29)27-30)28(14-15-33-25-19(4)11-10-18(3)20(25)5)34(31,32)23-13-12-21-8-6-7-9-22(21)16-23/h8-13,16-17,24,30H,6-7,14-15H2,1-5H3,(H,27,29)/t24-/m1/s1. The van der Waals surface area contributed by atoms with Crippen LogP contribution in [0, 0.1) is 26.7 Å². The first-order chi connectivity index (χ1) is 16.1. The van der Waals surface area contributed by atoms with Crippen molar-refractivity contribution in [2.45, 2.75) is 58.4 Å². The Morgan fingerprint density at radius 3 is 2.35 bits per heavy atom. The Labute approximate surface area is 201 Å². The van der Waals surface area contributed by atoms with E-state index in [1.807, 2.05) is 39.0 Å². The second-order valence-corrected chi connectivity index (χ2v) is 10.9. The summed E-state index contributed by atoms with van der Waals surface area (Å²) >= 11 is 0. The van der Waals surface area contributed by atoms with E-state index < -0.39 is 22.0 Å². The lowest BCUT2D eigenvalue weighted by Crippen LogP contribution is -2.53. The SMILES string of the molecule is Cc1ccc(C)c(OCCN([C@@H](C(=O)NO)C(C)C)S(=O)(=O)c2ccc3c(c2)=CCCC=3)c1C. The van der Waals surface area contributed by atoms with E-state index in [4.69, 9.17) is 4.74 Å². The van der Waals surface area contributed by atoms with Crippen molar-refractivity contribution in [2.75, 3.05) is 13.2 Å². The van der Waals surface area contributed by atoms with Gasteiger partial charge in [0.05, 0.1) is 4.90 Å². The summed E-state index contributed by atoms with van der Waals surface area (Å²) in [6, 6.07) is 7.88. The number of carbonyl (C=O) groups excluding carboxylic acids is 1. The third kappa shape index (κ3) is 5.35. The normalized spacial score (nSPS) is 14.2. The van der Waals surface area contributed by atoms with Crippen molar-refractivity contribution >= 4 is 28.1 Å². The zero-order chi connectivity index (χ0) is 25.0. The van der Waals surface area contributed by atoms with Gasteiger partial charge in [0.25, 0.3) is 5.91 Å². The van der Waals surface area contributed by atoms with E-state index in [-0.39, 0.29) is 24.0 Å². The zero-order valence-electron chi connectivity index (χ0n) is 20.5. The second kappa shape index (κ2) is 10.7. The highest BCUT2D eigenvalue weighted by Gasteiger charge is 2.38. The first kappa shape index (κ1) is 25.9. The number of hydrogen-bond acceptors (Lipinski definition) is 5. The van der Waals surface area contributed by atoms with Gasteiger partial charge in [0.15, 0.2) is 0 Å². The number of rotatable bonds is 9. The molecule has 184 valence electrons. The molecule has 1 aliphatic carbocycles. The molecule has 8 heteroatoms. The molecule has 1 amide bonds. The van der Waals surface area contributed by atoms with Gasteiger partial charge in [-0.15, -0.1) is 0 Å². The summed E-state index contributed by atoms with van der Waals surface area (Å²) in [5.41, 5.74) is 4.65. The average Bonchev–Trinajstić information content (AvgIpc) is 2.81. The number of aryl methyl sites for hydroxylation is 2. The van der Waals surface area contributed by atoms with Gasteiger partial charge >= 0.3 is 0 Å². The predicted octanol–water partition coefficient (Wildman–Crippen LogP) is 2.57. The summed E-state index contributed by atoms with van der Waals surface area (Å²) in [5, 5.41) is 11.2. The Morgan fingerprint density at radius 1 is 1.06 bits per heavy atom. The van der Waals surface area contributed by atoms with Crippen molar-refractivity contribution in [2.24, 2.45) is 5.92 Å². The fraction of sp³-hybridized carbons (Fsp3) is 0.423. The van der Waals surface area contributed by atoms with Crippen molar-refractivity contribution in [1.29, 1.82) is 0 Å². The number of carbonyl (C=O) groups is 1. The molecule has 2 N–H and O–H groups in total. The zero-order valence-corrected chi connectivity index (χ0v) is 21.3. The minimum absolute atomic E-state index is 0.0527. The first-order valence-corrected chi connectivity index (χ1v) is 13.0. The molecular weight excluding hydrogens is 452 g/mol. The summed E-state index contributed by atoms with van der Waals surface area (Å²) in [7, 11) is -4.07. The van der Waals surface area contributed by atoms with Crippen LogP contribution in [0.15, 0.2) is 35.2 Å². The van der Waals surface area contributed by atoms with Gasteiger partial charge in [0.1, 0.15) is 18.4 Å². The number of hydrogen-bond donors (Lipinski definition) is 2. The lowest BCUT2D eigenvalue weighted by Gasteiger charge is -2.32. The molecular formula is C26H34N2O5S. The quantitative estimate of drug-likeness (QED) is 0.420.